The van der Waals surface area contributed by atoms with Gasteiger partial charge >= 0.3 is 0 Å². The fourth-order valence-electron chi connectivity index (χ4n) is 3.30. The Morgan fingerprint density at radius 1 is 1.00 bits per heavy atom. The van der Waals surface area contributed by atoms with E-state index in [-0.39, 0.29) is 0 Å². The van der Waals surface area contributed by atoms with Gasteiger partial charge in [0.2, 0.25) is 0 Å². The first-order valence-corrected chi connectivity index (χ1v) is 10.5. The van der Waals surface area contributed by atoms with Crippen LogP contribution in [0.4, 0.5) is 5.69 Å². The molecule has 0 aliphatic carbocycles. The van der Waals surface area contributed by atoms with Crippen molar-refractivity contribution in [3.05, 3.63) is 81.7 Å². The molecule has 0 radical (unpaired) electrons. The largest absolute Gasteiger partial charge is 0.493 e. The van der Waals surface area contributed by atoms with Crippen molar-refractivity contribution in [2.45, 2.75) is 20.4 Å². The van der Waals surface area contributed by atoms with Crippen LogP contribution in [-0.2, 0) is 6.54 Å². The molecule has 30 heavy (non-hydrogen) atoms. The van der Waals surface area contributed by atoms with Crippen LogP contribution in [0.3, 0.4) is 0 Å². The number of thiazole rings is 1. The third kappa shape index (κ3) is 4.04. The van der Waals surface area contributed by atoms with Gasteiger partial charge in [-0.2, -0.15) is 0 Å². The molecule has 0 saturated carbocycles. The van der Waals surface area contributed by atoms with Crippen LogP contribution in [0.1, 0.15) is 16.7 Å². The second-order valence-corrected chi connectivity index (χ2v) is 7.89. The van der Waals surface area contributed by atoms with Gasteiger partial charge in [-0.25, -0.2) is 4.99 Å². The van der Waals surface area contributed by atoms with Crippen LogP contribution in [0, 0.1) is 13.8 Å². The highest BCUT2D eigenvalue weighted by Gasteiger charge is 2.13. The van der Waals surface area contributed by atoms with Crippen molar-refractivity contribution < 1.29 is 13.9 Å². The van der Waals surface area contributed by atoms with Crippen LogP contribution in [0.25, 0.3) is 11.5 Å². The lowest BCUT2D eigenvalue weighted by atomic mass is 10.1. The molecule has 0 N–H and O–H groups in total. The molecule has 0 aliphatic heterocycles. The van der Waals surface area contributed by atoms with Crippen molar-refractivity contribution in [3.8, 4) is 23.0 Å². The van der Waals surface area contributed by atoms with E-state index in [2.05, 4.69) is 42.0 Å². The van der Waals surface area contributed by atoms with Crippen LogP contribution in [-0.4, -0.2) is 18.8 Å². The van der Waals surface area contributed by atoms with E-state index in [1.165, 1.54) is 5.56 Å². The molecule has 2 heterocycles. The minimum atomic E-state index is 0.629. The van der Waals surface area contributed by atoms with Crippen molar-refractivity contribution in [1.29, 1.82) is 0 Å². The number of ether oxygens (including phenoxy) is 2. The Labute approximate surface area is 179 Å². The fraction of sp³-hybridized carbons (Fsp3) is 0.208. The maximum Gasteiger partial charge on any atom is 0.190 e. The number of hydrogen-bond donors (Lipinski definition) is 0. The lowest BCUT2D eigenvalue weighted by Gasteiger charge is -2.12. The molecular formula is C24H24N2O3S. The zero-order valence-electron chi connectivity index (χ0n) is 17.5. The lowest BCUT2D eigenvalue weighted by molar-refractivity contribution is 0.354. The van der Waals surface area contributed by atoms with Crippen LogP contribution >= 0.6 is 11.3 Å². The van der Waals surface area contributed by atoms with Gasteiger partial charge in [0.15, 0.2) is 22.1 Å². The Morgan fingerprint density at radius 2 is 1.83 bits per heavy atom. The number of nitrogens with zero attached hydrogens (tertiary/aromatic N) is 2. The van der Waals surface area contributed by atoms with Gasteiger partial charge in [0.05, 0.1) is 38.4 Å². The monoisotopic (exact) mass is 420 g/mol. The van der Waals surface area contributed by atoms with E-state index in [0.717, 1.165) is 33.1 Å². The van der Waals surface area contributed by atoms with E-state index in [4.69, 9.17) is 18.9 Å². The average molecular weight is 421 g/mol. The normalized spacial score (nSPS) is 11.7. The van der Waals surface area contributed by atoms with Crippen molar-refractivity contribution in [2.75, 3.05) is 14.2 Å². The molecule has 5 nitrogen and oxygen atoms in total. The van der Waals surface area contributed by atoms with Gasteiger partial charge in [-0.15, -0.1) is 11.3 Å². The Kier molecular flexibility index (Phi) is 5.77. The number of aromatic nitrogens is 1. The third-order valence-electron chi connectivity index (χ3n) is 4.94. The molecule has 0 saturated heterocycles. The summed E-state index contributed by atoms with van der Waals surface area (Å²) < 4.78 is 18.7. The molecule has 0 fully saturated rings. The number of benzene rings is 2. The summed E-state index contributed by atoms with van der Waals surface area (Å²) in [6.07, 6.45) is 1.69. The molecule has 2 aromatic heterocycles. The molecular weight excluding hydrogens is 396 g/mol. The summed E-state index contributed by atoms with van der Waals surface area (Å²) in [6.45, 7) is 4.79. The number of aryl methyl sites for hydroxylation is 2. The minimum Gasteiger partial charge on any atom is -0.493 e. The van der Waals surface area contributed by atoms with Crippen LogP contribution in [0.15, 0.2) is 69.6 Å². The summed E-state index contributed by atoms with van der Waals surface area (Å²) in [5.74, 6) is 2.23. The minimum absolute atomic E-state index is 0.629. The van der Waals surface area contributed by atoms with Gasteiger partial charge in [-0.1, -0.05) is 18.2 Å². The highest BCUT2D eigenvalue weighted by molar-refractivity contribution is 7.07. The summed E-state index contributed by atoms with van der Waals surface area (Å²) in [7, 11) is 3.29. The van der Waals surface area contributed by atoms with E-state index in [0.29, 0.717) is 18.0 Å². The first-order chi connectivity index (χ1) is 14.6. The standard InChI is InChI=1S/C24H24N2O3S/c1-16-7-8-17(2)19(12-16)25-24-26(20(15-30-24)21-6-5-11-29-21)14-18-9-10-22(27-3)23(13-18)28-4/h5-13,15H,14H2,1-4H3. The predicted octanol–water partition coefficient (Wildman–Crippen LogP) is 5.72. The van der Waals surface area contributed by atoms with E-state index in [9.17, 15) is 0 Å². The summed E-state index contributed by atoms with van der Waals surface area (Å²) >= 11 is 1.60. The zero-order chi connectivity index (χ0) is 21.1. The first-order valence-electron chi connectivity index (χ1n) is 9.64. The van der Waals surface area contributed by atoms with Crippen LogP contribution in [0.2, 0.25) is 0 Å². The van der Waals surface area contributed by atoms with Crippen molar-refractivity contribution >= 4 is 17.0 Å². The average Bonchev–Trinajstić information content (AvgIpc) is 3.41. The van der Waals surface area contributed by atoms with Gasteiger partial charge in [-0.3, -0.25) is 0 Å². The molecule has 0 bridgehead atoms. The van der Waals surface area contributed by atoms with Gasteiger partial charge in [0.1, 0.15) is 0 Å². The first kappa shape index (κ1) is 20.0. The highest BCUT2D eigenvalue weighted by atomic mass is 32.1. The highest BCUT2D eigenvalue weighted by Crippen LogP contribution is 2.29. The maximum absolute atomic E-state index is 5.69. The van der Waals surface area contributed by atoms with Gasteiger partial charge in [-0.05, 0) is 60.9 Å². The maximum atomic E-state index is 5.69. The molecule has 0 unspecified atom stereocenters. The molecule has 2 aromatic carbocycles. The molecule has 0 atom stereocenters. The molecule has 0 amide bonds. The molecule has 0 aliphatic rings. The third-order valence-corrected chi connectivity index (χ3v) is 5.80. The number of furan rings is 1. The van der Waals surface area contributed by atoms with E-state index < -0.39 is 0 Å². The van der Waals surface area contributed by atoms with E-state index >= 15 is 0 Å². The smallest absolute Gasteiger partial charge is 0.190 e. The summed E-state index contributed by atoms with van der Waals surface area (Å²) in [5.41, 5.74) is 5.38. The zero-order valence-corrected chi connectivity index (χ0v) is 18.3. The molecule has 154 valence electrons. The number of rotatable bonds is 6. The van der Waals surface area contributed by atoms with Crippen LogP contribution in [0.5, 0.6) is 11.5 Å². The van der Waals surface area contributed by atoms with Gasteiger partial charge in [0, 0.05) is 5.38 Å². The summed E-state index contributed by atoms with van der Waals surface area (Å²) in [4.78, 5) is 5.90. The quantitative estimate of drug-likeness (QED) is 0.401. The Morgan fingerprint density at radius 3 is 2.57 bits per heavy atom. The van der Waals surface area contributed by atoms with E-state index in [1.54, 1.807) is 31.8 Å². The van der Waals surface area contributed by atoms with Gasteiger partial charge in [0.25, 0.3) is 0 Å². The second-order valence-electron chi connectivity index (χ2n) is 7.06. The molecule has 4 aromatic rings. The van der Waals surface area contributed by atoms with Crippen molar-refractivity contribution in [3.63, 3.8) is 0 Å². The fourth-order valence-corrected chi connectivity index (χ4v) is 4.20. The van der Waals surface area contributed by atoms with Crippen molar-refractivity contribution in [1.82, 2.24) is 4.57 Å². The SMILES string of the molecule is COc1ccc(Cn2c(-c3ccco3)csc2=Nc2cc(C)ccc2C)cc1OC. The molecule has 4 rings (SSSR count). The Bertz CT molecular complexity index is 1220. The number of hydrogen-bond acceptors (Lipinski definition) is 5. The van der Waals surface area contributed by atoms with Gasteiger partial charge < -0.3 is 18.5 Å². The molecule has 6 heteroatoms. The topological polar surface area (TPSA) is 48.9 Å². The van der Waals surface area contributed by atoms with E-state index in [1.807, 2.05) is 30.3 Å². The predicted molar refractivity (Wildman–Crippen MR) is 120 cm³/mol. The van der Waals surface area contributed by atoms with Crippen LogP contribution < -0.4 is 14.3 Å². The Hall–Kier alpha value is -3.25. The Balaban J connectivity index is 1.84. The second kappa shape index (κ2) is 8.63. The lowest BCUT2D eigenvalue weighted by Crippen LogP contribution is -2.16. The number of methoxy groups -OCH3 is 2. The summed E-state index contributed by atoms with van der Waals surface area (Å²) in [5, 5.41) is 2.09. The van der Waals surface area contributed by atoms with Crippen molar-refractivity contribution in [2.24, 2.45) is 4.99 Å². The summed E-state index contributed by atoms with van der Waals surface area (Å²) in [6, 6.07) is 16.2. The molecule has 0 spiro atoms.